The number of ether oxygens (including phenoxy) is 1. The van der Waals surface area contributed by atoms with Crippen molar-refractivity contribution in [3.63, 3.8) is 0 Å². The molecule has 1 aliphatic rings. The summed E-state index contributed by atoms with van der Waals surface area (Å²) in [4.78, 5) is 9.34. The predicted molar refractivity (Wildman–Crippen MR) is 140 cm³/mol. The van der Waals surface area contributed by atoms with Crippen molar-refractivity contribution >= 4 is 33.2 Å². The van der Waals surface area contributed by atoms with E-state index in [0.717, 1.165) is 29.8 Å². The second-order valence-corrected chi connectivity index (χ2v) is 10.7. The van der Waals surface area contributed by atoms with Crippen molar-refractivity contribution in [2.75, 3.05) is 22.5 Å². The van der Waals surface area contributed by atoms with Gasteiger partial charge >= 0.3 is 0 Å². The van der Waals surface area contributed by atoms with Gasteiger partial charge in [-0.2, -0.15) is 4.98 Å². The van der Waals surface area contributed by atoms with E-state index < -0.39 is 10.0 Å². The highest BCUT2D eigenvalue weighted by Crippen LogP contribution is 2.28. The van der Waals surface area contributed by atoms with Crippen LogP contribution in [0.2, 0.25) is 0 Å². The molecular weight excluding hydrogens is 462 g/mol. The molecule has 2 aromatic carbocycles. The average molecular weight is 496 g/mol. The second-order valence-electron chi connectivity index (χ2n) is 9.09. The zero-order valence-electron chi connectivity index (χ0n) is 20.7. The third-order valence-corrected chi connectivity index (χ3v) is 7.71. The molecule has 0 saturated heterocycles. The molecule has 4 rings (SSSR count). The normalized spacial score (nSPS) is 14.4. The maximum absolute atomic E-state index is 13.0. The molecule has 1 saturated carbocycles. The Kier molecular flexibility index (Phi) is 7.45. The van der Waals surface area contributed by atoms with Crippen LogP contribution in [0.1, 0.15) is 48.9 Å². The summed E-state index contributed by atoms with van der Waals surface area (Å²) in [5.74, 6) is 1.85. The van der Waals surface area contributed by atoms with Crippen LogP contribution in [-0.2, 0) is 10.0 Å². The Balaban J connectivity index is 1.46. The van der Waals surface area contributed by atoms with Gasteiger partial charge in [-0.05, 0) is 69.0 Å². The highest BCUT2D eigenvalue weighted by molar-refractivity contribution is 7.92. The summed E-state index contributed by atoms with van der Waals surface area (Å²) in [6, 6.07) is 12.7. The largest absolute Gasteiger partial charge is 0.496 e. The van der Waals surface area contributed by atoms with Gasteiger partial charge in [-0.1, -0.05) is 25.3 Å². The zero-order chi connectivity index (χ0) is 25.0. The van der Waals surface area contributed by atoms with E-state index in [9.17, 15) is 8.42 Å². The molecule has 0 unspecified atom stereocenters. The van der Waals surface area contributed by atoms with Crippen molar-refractivity contribution in [3.05, 3.63) is 59.3 Å². The lowest BCUT2D eigenvalue weighted by molar-refractivity contribution is 0.410. The van der Waals surface area contributed by atoms with Gasteiger partial charge in [0.2, 0.25) is 5.95 Å². The second kappa shape index (κ2) is 10.5. The number of aromatic nitrogens is 2. The quantitative estimate of drug-likeness (QED) is 0.368. The molecule has 1 aromatic heterocycles. The molecule has 0 aliphatic heterocycles. The molecule has 1 heterocycles. The van der Waals surface area contributed by atoms with Crippen molar-refractivity contribution in [3.8, 4) is 5.75 Å². The fourth-order valence-electron chi connectivity index (χ4n) is 4.43. The molecular formula is C26H33N5O3S. The van der Waals surface area contributed by atoms with Crippen LogP contribution in [-0.4, -0.2) is 31.5 Å². The minimum Gasteiger partial charge on any atom is -0.496 e. The molecule has 1 fully saturated rings. The lowest BCUT2D eigenvalue weighted by atomic mass is 9.96. The Labute approximate surface area is 207 Å². The summed E-state index contributed by atoms with van der Waals surface area (Å²) in [6.45, 7) is 5.60. The summed E-state index contributed by atoms with van der Waals surface area (Å²) in [7, 11) is -2.24. The lowest BCUT2D eigenvalue weighted by Crippen LogP contribution is -2.23. The molecule has 8 nitrogen and oxygen atoms in total. The van der Waals surface area contributed by atoms with E-state index in [4.69, 9.17) is 4.74 Å². The SMILES string of the molecule is COc1cc(S(=O)(=O)Nc2ccc(Nc3cc(C)nc(NC4CCCCC4)n3)cc2)c(C)cc1C. The third-order valence-electron chi connectivity index (χ3n) is 6.18. The van der Waals surface area contributed by atoms with E-state index in [2.05, 4.69) is 25.3 Å². The van der Waals surface area contributed by atoms with Gasteiger partial charge in [0.05, 0.1) is 12.0 Å². The minimum atomic E-state index is -3.77. The van der Waals surface area contributed by atoms with E-state index in [-0.39, 0.29) is 4.90 Å². The maximum Gasteiger partial charge on any atom is 0.262 e. The number of nitrogens with zero attached hydrogens (tertiary/aromatic N) is 2. The monoisotopic (exact) mass is 495 g/mol. The van der Waals surface area contributed by atoms with Gasteiger partial charge in [-0.15, -0.1) is 0 Å². The van der Waals surface area contributed by atoms with Gasteiger partial charge in [0.25, 0.3) is 10.0 Å². The molecule has 3 aromatic rings. The number of sulfonamides is 1. The summed E-state index contributed by atoms with van der Waals surface area (Å²) < 4.78 is 34.0. The number of hydrogen-bond acceptors (Lipinski definition) is 7. The van der Waals surface area contributed by atoms with Crippen molar-refractivity contribution < 1.29 is 13.2 Å². The molecule has 0 amide bonds. The van der Waals surface area contributed by atoms with Crippen molar-refractivity contribution in [1.29, 1.82) is 0 Å². The van der Waals surface area contributed by atoms with Crippen LogP contribution in [0.3, 0.4) is 0 Å². The number of rotatable bonds is 8. The standard InChI is InChI=1S/C26H33N5O3S/c1-17-14-18(2)24(16-23(17)34-4)35(32,33)31-22-12-10-21(11-13-22)28-25-15-19(3)27-26(30-25)29-20-8-6-5-7-9-20/h10-16,20,31H,5-9H2,1-4H3,(H2,27,28,29,30). The number of nitrogens with one attached hydrogen (secondary N) is 3. The van der Waals surface area contributed by atoms with Crippen molar-refractivity contribution in [2.24, 2.45) is 0 Å². The van der Waals surface area contributed by atoms with Crippen LogP contribution in [0.25, 0.3) is 0 Å². The van der Waals surface area contributed by atoms with E-state index in [1.165, 1.54) is 26.4 Å². The molecule has 0 spiro atoms. The Hall–Kier alpha value is -3.33. The topological polar surface area (TPSA) is 105 Å². The Morgan fingerprint density at radius 3 is 2.26 bits per heavy atom. The van der Waals surface area contributed by atoms with Gasteiger partial charge in [0, 0.05) is 35.2 Å². The molecule has 9 heteroatoms. The van der Waals surface area contributed by atoms with E-state index in [1.807, 2.05) is 38.1 Å². The molecule has 0 radical (unpaired) electrons. The summed E-state index contributed by atoms with van der Waals surface area (Å²) in [5, 5.41) is 6.76. The number of anilines is 4. The lowest BCUT2D eigenvalue weighted by Gasteiger charge is -2.23. The van der Waals surface area contributed by atoms with E-state index >= 15 is 0 Å². The highest BCUT2D eigenvalue weighted by Gasteiger charge is 2.19. The van der Waals surface area contributed by atoms with Crippen LogP contribution in [0.5, 0.6) is 5.75 Å². The van der Waals surface area contributed by atoms with Gasteiger partial charge < -0.3 is 15.4 Å². The van der Waals surface area contributed by atoms with Gasteiger partial charge in [-0.25, -0.2) is 13.4 Å². The van der Waals surface area contributed by atoms with E-state index in [0.29, 0.717) is 34.8 Å². The number of methoxy groups -OCH3 is 1. The smallest absolute Gasteiger partial charge is 0.262 e. The summed E-state index contributed by atoms with van der Waals surface area (Å²) in [5.41, 5.74) is 3.67. The van der Waals surface area contributed by atoms with Crippen molar-refractivity contribution in [1.82, 2.24) is 9.97 Å². The first-order valence-electron chi connectivity index (χ1n) is 11.9. The number of aryl methyl sites for hydroxylation is 3. The molecule has 0 bridgehead atoms. The Morgan fingerprint density at radius 2 is 1.57 bits per heavy atom. The molecule has 0 atom stereocenters. The molecule has 186 valence electrons. The first-order chi connectivity index (χ1) is 16.7. The fourth-order valence-corrected chi connectivity index (χ4v) is 5.73. The minimum absolute atomic E-state index is 0.191. The Bertz CT molecular complexity index is 1290. The van der Waals surface area contributed by atoms with E-state index in [1.54, 1.807) is 25.1 Å². The van der Waals surface area contributed by atoms with Crippen LogP contribution in [0.4, 0.5) is 23.1 Å². The van der Waals surface area contributed by atoms with Crippen molar-refractivity contribution in [2.45, 2.75) is 63.8 Å². The van der Waals surface area contributed by atoms with Crippen LogP contribution in [0.15, 0.2) is 47.4 Å². The summed E-state index contributed by atoms with van der Waals surface area (Å²) >= 11 is 0. The average Bonchev–Trinajstić information content (AvgIpc) is 2.80. The zero-order valence-corrected chi connectivity index (χ0v) is 21.5. The van der Waals surface area contributed by atoms with Crippen LogP contribution in [0, 0.1) is 20.8 Å². The fraction of sp³-hybridized carbons (Fsp3) is 0.385. The van der Waals surface area contributed by atoms with Gasteiger partial charge in [-0.3, -0.25) is 4.72 Å². The summed E-state index contributed by atoms with van der Waals surface area (Å²) in [6.07, 6.45) is 6.06. The molecule has 1 aliphatic carbocycles. The van der Waals surface area contributed by atoms with Crippen LogP contribution < -0.4 is 20.1 Å². The Morgan fingerprint density at radius 1 is 0.886 bits per heavy atom. The maximum atomic E-state index is 13.0. The molecule has 35 heavy (non-hydrogen) atoms. The number of hydrogen-bond donors (Lipinski definition) is 3. The number of benzene rings is 2. The first kappa shape index (κ1) is 24.8. The highest BCUT2D eigenvalue weighted by atomic mass is 32.2. The first-order valence-corrected chi connectivity index (χ1v) is 13.4. The molecule has 3 N–H and O–H groups in total. The van der Waals surface area contributed by atoms with Gasteiger partial charge in [0.15, 0.2) is 0 Å². The predicted octanol–water partition coefficient (Wildman–Crippen LogP) is 5.70. The third kappa shape index (κ3) is 6.22. The van der Waals surface area contributed by atoms with Crippen LogP contribution >= 0.6 is 0 Å². The van der Waals surface area contributed by atoms with Gasteiger partial charge in [0.1, 0.15) is 11.6 Å².